The smallest absolute Gasteiger partial charge is 0.493 e. The van der Waals surface area contributed by atoms with Crippen LogP contribution in [0, 0.1) is 0 Å². The van der Waals surface area contributed by atoms with Crippen molar-refractivity contribution in [1.29, 1.82) is 0 Å². The summed E-state index contributed by atoms with van der Waals surface area (Å²) in [6, 6.07) is 12.3. The predicted octanol–water partition coefficient (Wildman–Crippen LogP) is 3.91. The minimum atomic E-state index is -4.82. The molecule has 0 bridgehead atoms. The van der Waals surface area contributed by atoms with Crippen molar-refractivity contribution >= 4 is 16.6 Å². The Morgan fingerprint density at radius 1 is 1.09 bits per heavy atom. The van der Waals surface area contributed by atoms with Gasteiger partial charge in [-0.05, 0) is 54.1 Å². The lowest BCUT2D eigenvalue weighted by Crippen LogP contribution is -2.23. The van der Waals surface area contributed by atoms with Crippen molar-refractivity contribution in [2.45, 2.75) is 12.9 Å². The van der Waals surface area contributed by atoms with E-state index in [2.05, 4.69) is 9.72 Å². The van der Waals surface area contributed by atoms with Gasteiger partial charge in [0.1, 0.15) is 5.75 Å². The Morgan fingerprint density at radius 3 is 2.47 bits per heavy atom. The van der Waals surface area contributed by atoms with Crippen LogP contribution < -0.4 is 15.3 Å². The van der Waals surface area contributed by atoms with Gasteiger partial charge in [-0.15, -0.1) is 13.2 Å². The van der Waals surface area contributed by atoms with Crippen LogP contribution in [0.15, 0.2) is 65.7 Å². The lowest BCUT2D eigenvalue weighted by molar-refractivity contribution is -0.274. The summed E-state index contributed by atoms with van der Waals surface area (Å²) in [5.41, 5.74) is 2.23. The van der Waals surface area contributed by atoms with E-state index in [1.807, 2.05) is 37.2 Å². The molecule has 10 heteroatoms. The molecule has 0 aliphatic rings. The summed E-state index contributed by atoms with van der Waals surface area (Å²) in [6.07, 6.45) is -1.89. The highest BCUT2D eigenvalue weighted by Crippen LogP contribution is 2.26. The fraction of sp³-hybridized carbons (Fsp3) is 0.182. The molecule has 1 N–H and O–H groups in total. The Hall–Kier alpha value is -3.95. The number of hydrogen-bond acceptors (Lipinski definition) is 5. The molecule has 4 rings (SSSR count). The number of benzene rings is 2. The first kappa shape index (κ1) is 21.3. The van der Waals surface area contributed by atoms with Crippen LogP contribution >= 0.6 is 0 Å². The van der Waals surface area contributed by atoms with Crippen molar-refractivity contribution < 1.29 is 23.0 Å². The molecule has 2 aromatic carbocycles. The Balaban J connectivity index is 1.69. The van der Waals surface area contributed by atoms with Crippen molar-refractivity contribution in [3.63, 3.8) is 0 Å². The van der Waals surface area contributed by atoms with Gasteiger partial charge in [-0.3, -0.25) is 9.55 Å². The zero-order valence-electron chi connectivity index (χ0n) is 17.2. The van der Waals surface area contributed by atoms with E-state index in [9.17, 15) is 23.1 Å². The second-order valence-electron chi connectivity index (χ2n) is 7.34. The Labute approximate surface area is 180 Å². The molecule has 4 aromatic rings. The number of alkyl halides is 3. The average Bonchev–Trinajstić information content (AvgIpc) is 3.00. The number of aromatic nitrogens is 3. The molecule has 32 heavy (non-hydrogen) atoms. The molecule has 2 aromatic heterocycles. The summed E-state index contributed by atoms with van der Waals surface area (Å²) in [7, 11) is 3.84. The monoisotopic (exact) mass is 444 g/mol. The second-order valence-corrected chi connectivity index (χ2v) is 7.34. The molecule has 0 aliphatic carbocycles. The third kappa shape index (κ3) is 4.25. The van der Waals surface area contributed by atoms with E-state index < -0.39 is 17.8 Å². The maximum absolute atomic E-state index is 13.0. The number of fused-ring (bicyclic) bond motifs is 1. The Kier molecular flexibility index (Phi) is 5.29. The van der Waals surface area contributed by atoms with Crippen molar-refractivity contribution in [3.05, 3.63) is 77.0 Å². The maximum Gasteiger partial charge on any atom is 0.573 e. The van der Waals surface area contributed by atoms with E-state index in [-0.39, 0.29) is 18.1 Å². The largest absolute Gasteiger partial charge is 0.573 e. The standard InChI is InChI=1S/C22H19F3N4O3/c1-27(2)16-5-8-19-18(11-16)14(9-10-26-19)12-28-13-20(30)29(21(28)31)15-3-6-17(7-4-15)32-22(23,24)25/h3-11,13,30H,12H2,1-2H3. The van der Waals surface area contributed by atoms with E-state index in [4.69, 9.17) is 0 Å². The third-order valence-electron chi connectivity index (χ3n) is 4.94. The van der Waals surface area contributed by atoms with Gasteiger partial charge in [-0.1, -0.05) is 0 Å². The van der Waals surface area contributed by atoms with Crippen LogP contribution in [0.5, 0.6) is 11.6 Å². The number of hydrogen-bond donors (Lipinski definition) is 1. The molecule has 0 unspecified atom stereocenters. The normalized spacial score (nSPS) is 11.7. The third-order valence-corrected chi connectivity index (χ3v) is 4.94. The van der Waals surface area contributed by atoms with Crippen LogP contribution in [0.4, 0.5) is 18.9 Å². The first-order valence-electron chi connectivity index (χ1n) is 9.55. The number of anilines is 1. The maximum atomic E-state index is 13.0. The molecular weight excluding hydrogens is 425 g/mol. The van der Waals surface area contributed by atoms with Gasteiger partial charge in [0.25, 0.3) is 0 Å². The second kappa shape index (κ2) is 7.95. The van der Waals surface area contributed by atoms with E-state index in [0.717, 1.165) is 38.9 Å². The molecule has 0 spiro atoms. The number of ether oxygens (including phenoxy) is 1. The summed E-state index contributed by atoms with van der Waals surface area (Å²) >= 11 is 0. The van der Waals surface area contributed by atoms with Crippen LogP contribution in [-0.2, 0) is 6.54 Å². The van der Waals surface area contributed by atoms with Crippen LogP contribution in [0.25, 0.3) is 16.6 Å². The van der Waals surface area contributed by atoms with Crippen LogP contribution in [0.2, 0.25) is 0 Å². The highest BCUT2D eigenvalue weighted by molar-refractivity contribution is 5.85. The molecule has 0 aliphatic heterocycles. The van der Waals surface area contributed by atoms with Gasteiger partial charge < -0.3 is 14.7 Å². The summed E-state index contributed by atoms with van der Waals surface area (Å²) in [4.78, 5) is 19.3. The van der Waals surface area contributed by atoms with Gasteiger partial charge in [-0.25, -0.2) is 9.36 Å². The minimum absolute atomic E-state index is 0.171. The minimum Gasteiger partial charge on any atom is -0.493 e. The van der Waals surface area contributed by atoms with Crippen molar-refractivity contribution in [1.82, 2.24) is 14.1 Å². The van der Waals surface area contributed by atoms with Gasteiger partial charge in [0.2, 0.25) is 5.88 Å². The Morgan fingerprint density at radius 2 is 1.81 bits per heavy atom. The fourth-order valence-electron chi connectivity index (χ4n) is 3.42. The van der Waals surface area contributed by atoms with Gasteiger partial charge in [0.05, 0.1) is 23.9 Å². The number of rotatable bonds is 5. The van der Waals surface area contributed by atoms with E-state index in [0.29, 0.717) is 0 Å². The lowest BCUT2D eigenvalue weighted by Gasteiger charge is -2.14. The zero-order chi connectivity index (χ0) is 23.0. The molecular formula is C22H19F3N4O3. The van der Waals surface area contributed by atoms with E-state index >= 15 is 0 Å². The van der Waals surface area contributed by atoms with Crippen molar-refractivity contribution in [2.75, 3.05) is 19.0 Å². The van der Waals surface area contributed by atoms with Crippen molar-refractivity contribution in [2.24, 2.45) is 0 Å². The number of nitrogens with zero attached hydrogens (tertiary/aromatic N) is 4. The molecule has 0 saturated heterocycles. The van der Waals surface area contributed by atoms with E-state index in [1.54, 1.807) is 12.3 Å². The fourth-order valence-corrected chi connectivity index (χ4v) is 3.42. The lowest BCUT2D eigenvalue weighted by atomic mass is 10.1. The molecule has 2 heterocycles. The topological polar surface area (TPSA) is 72.5 Å². The van der Waals surface area contributed by atoms with Gasteiger partial charge in [0.15, 0.2) is 0 Å². The first-order valence-corrected chi connectivity index (χ1v) is 9.55. The quantitative estimate of drug-likeness (QED) is 0.506. The Bertz CT molecular complexity index is 1330. The number of imidazole rings is 1. The molecule has 0 radical (unpaired) electrons. The summed E-state index contributed by atoms with van der Waals surface area (Å²) in [5.74, 6) is -0.764. The summed E-state index contributed by atoms with van der Waals surface area (Å²) in [5, 5.41) is 11.2. The highest BCUT2D eigenvalue weighted by Gasteiger charge is 2.31. The van der Waals surface area contributed by atoms with Gasteiger partial charge in [0, 0.05) is 31.4 Å². The molecule has 7 nitrogen and oxygen atoms in total. The molecule has 166 valence electrons. The van der Waals surface area contributed by atoms with Gasteiger partial charge in [-0.2, -0.15) is 0 Å². The van der Waals surface area contributed by atoms with Crippen LogP contribution in [-0.4, -0.2) is 39.7 Å². The summed E-state index contributed by atoms with van der Waals surface area (Å²) < 4.78 is 43.2. The van der Waals surface area contributed by atoms with E-state index in [1.165, 1.54) is 22.9 Å². The van der Waals surface area contributed by atoms with Crippen LogP contribution in [0.3, 0.4) is 0 Å². The van der Waals surface area contributed by atoms with Crippen molar-refractivity contribution in [3.8, 4) is 17.3 Å². The molecule has 0 fully saturated rings. The molecule has 0 saturated carbocycles. The SMILES string of the molecule is CN(C)c1ccc2nccc(Cn3cc(O)n(-c4ccc(OC(F)(F)F)cc4)c3=O)c2c1. The molecule has 0 atom stereocenters. The van der Waals surface area contributed by atoms with Crippen LogP contribution in [0.1, 0.15) is 5.56 Å². The van der Waals surface area contributed by atoms with Gasteiger partial charge >= 0.3 is 12.1 Å². The first-order chi connectivity index (χ1) is 15.1. The number of aromatic hydroxyl groups is 1. The molecule has 0 amide bonds. The number of pyridine rings is 1. The number of halogens is 3. The highest BCUT2D eigenvalue weighted by atomic mass is 19.4. The predicted molar refractivity (Wildman–Crippen MR) is 114 cm³/mol. The average molecular weight is 444 g/mol. The zero-order valence-corrected chi connectivity index (χ0v) is 17.2. The summed E-state index contributed by atoms with van der Waals surface area (Å²) in [6.45, 7) is 0.171.